The summed E-state index contributed by atoms with van der Waals surface area (Å²) < 4.78 is 17.0. The third-order valence-electron chi connectivity index (χ3n) is 5.65. The van der Waals surface area contributed by atoms with Crippen LogP contribution >= 0.6 is 0 Å². The van der Waals surface area contributed by atoms with Gasteiger partial charge < -0.3 is 24.2 Å². The second-order valence-corrected chi connectivity index (χ2v) is 7.10. The van der Waals surface area contributed by atoms with Crippen LogP contribution in [0.5, 0.6) is 11.5 Å². The number of rotatable bonds is 7. The molecule has 1 N–H and O–H groups in total. The fourth-order valence-electron chi connectivity index (χ4n) is 4.00. The number of hydrogen-bond acceptors (Lipinski definition) is 6. The SMILES string of the molecule is CCN(CC)CC1C(O)CCC2C(=O)C(Oc3ccccc3OC)=COC21. The summed E-state index contributed by atoms with van der Waals surface area (Å²) in [6.07, 6.45) is 1.84. The molecule has 6 heteroatoms. The van der Waals surface area contributed by atoms with E-state index >= 15 is 0 Å². The Kier molecular flexibility index (Phi) is 6.39. The first-order valence-corrected chi connectivity index (χ1v) is 9.70. The molecule has 3 rings (SSSR count). The van der Waals surface area contributed by atoms with Gasteiger partial charge in [-0.25, -0.2) is 0 Å². The number of ketones is 1. The van der Waals surface area contributed by atoms with Crippen LogP contribution in [0.2, 0.25) is 0 Å². The predicted molar refractivity (Wildman–Crippen MR) is 102 cm³/mol. The summed E-state index contributed by atoms with van der Waals surface area (Å²) in [6, 6.07) is 7.21. The summed E-state index contributed by atoms with van der Waals surface area (Å²) in [4.78, 5) is 15.3. The van der Waals surface area contributed by atoms with E-state index in [9.17, 15) is 9.90 Å². The van der Waals surface area contributed by atoms with E-state index in [1.807, 2.05) is 12.1 Å². The van der Waals surface area contributed by atoms with Gasteiger partial charge in [-0.1, -0.05) is 26.0 Å². The summed E-state index contributed by atoms with van der Waals surface area (Å²) in [7, 11) is 1.56. The average molecular weight is 375 g/mol. The number of carbonyl (C=O) groups is 1. The fourth-order valence-corrected chi connectivity index (χ4v) is 4.00. The zero-order valence-corrected chi connectivity index (χ0v) is 16.3. The van der Waals surface area contributed by atoms with E-state index in [1.54, 1.807) is 19.2 Å². The largest absolute Gasteiger partial charge is 0.493 e. The molecule has 27 heavy (non-hydrogen) atoms. The van der Waals surface area contributed by atoms with Crippen molar-refractivity contribution in [3.05, 3.63) is 36.3 Å². The first-order valence-electron chi connectivity index (χ1n) is 9.70. The molecule has 0 bridgehead atoms. The number of para-hydroxylation sites is 2. The average Bonchev–Trinajstić information content (AvgIpc) is 2.69. The van der Waals surface area contributed by atoms with Crippen LogP contribution in [-0.2, 0) is 9.53 Å². The number of allylic oxidation sites excluding steroid dienone is 1. The molecule has 1 aliphatic heterocycles. The number of aliphatic hydroxyl groups excluding tert-OH is 1. The van der Waals surface area contributed by atoms with Crippen LogP contribution in [0.3, 0.4) is 0 Å². The minimum absolute atomic E-state index is 0.0615. The molecule has 1 aliphatic carbocycles. The van der Waals surface area contributed by atoms with Gasteiger partial charge in [0, 0.05) is 12.5 Å². The van der Waals surface area contributed by atoms with E-state index in [0.29, 0.717) is 24.3 Å². The zero-order chi connectivity index (χ0) is 19.4. The highest BCUT2D eigenvalue weighted by molar-refractivity contribution is 5.96. The second kappa shape index (κ2) is 8.76. The first-order chi connectivity index (χ1) is 13.1. The van der Waals surface area contributed by atoms with Gasteiger partial charge in [0.25, 0.3) is 0 Å². The fraction of sp³-hybridized carbons (Fsp3) is 0.571. The molecule has 0 spiro atoms. The Labute approximate surface area is 160 Å². The molecule has 1 fully saturated rings. The third kappa shape index (κ3) is 4.12. The number of hydrogen-bond donors (Lipinski definition) is 1. The molecule has 1 heterocycles. The molecule has 4 atom stereocenters. The normalized spacial score (nSPS) is 27.6. The molecule has 1 aromatic carbocycles. The van der Waals surface area contributed by atoms with Crippen molar-refractivity contribution in [2.75, 3.05) is 26.7 Å². The molecule has 0 radical (unpaired) electrons. The van der Waals surface area contributed by atoms with Crippen LogP contribution in [0.4, 0.5) is 0 Å². The van der Waals surface area contributed by atoms with Gasteiger partial charge in [-0.05, 0) is 38.1 Å². The van der Waals surface area contributed by atoms with Gasteiger partial charge in [-0.3, -0.25) is 4.79 Å². The van der Waals surface area contributed by atoms with Crippen molar-refractivity contribution in [1.82, 2.24) is 4.90 Å². The summed E-state index contributed by atoms with van der Waals surface area (Å²) in [6.45, 7) is 6.73. The number of methoxy groups -OCH3 is 1. The standard InChI is InChI=1S/C21H29NO5/c1-4-22(5-2)12-15-16(23)11-10-14-20(24)19(13-26-21(14)15)27-18-9-7-6-8-17(18)25-3/h6-9,13-16,21,23H,4-5,10-12H2,1-3H3. The molecule has 148 valence electrons. The maximum Gasteiger partial charge on any atom is 0.208 e. The molecule has 2 aliphatic rings. The third-order valence-corrected chi connectivity index (χ3v) is 5.65. The van der Waals surface area contributed by atoms with E-state index in [1.165, 1.54) is 6.26 Å². The van der Waals surface area contributed by atoms with E-state index in [2.05, 4.69) is 18.7 Å². The van der Waals surface area contributed by atoms with Gasteiger partial charge >= 0.3 is 0 Å². The number of Topliss-reactive ketones (excluding diaryl/α,β-unsaturated/α-hetero) is 1. The molecular formula is C21H29NO5. The number of aliphatic hydroxyl groups is 1. The van der Waals surface area contributed by atoms with E-state index < -0.39 is 6.10 Å². The van der Waals surface area contributed by atoms with Crippen molar-refractivity contribution in [3.63, 3.8) is 0 Å². The van der Waals surface area contributed by atoms with Gasteiger partial charge in [0.2, 0.25) is 11.5 Å². The van der Waals surface area contributed by atoms with Gasteiger partial charge in [0.1, 0.15) is 12.4 Å². The molecule has 4 unspecified atom stereocenters. The smallest absolute Gasteiger partial charge is 0.208 e. The lowest BCUT2D eigenvalue weighted by Crippen LogP contribution is -2.52. The minimum atomic E-state index is -0.454. The summed E-state index contributed by atoms with van der Waals surface area (Å²) in [5, 5.41) is 10.5. The highest BCUT2D eigenvalue weighted by Crippen LogP contribution is 2.38. The van der Waals surface area contributed by atoms with Crippen molar-refractivity contribution in [1.29, 1.82) is 0 Å². The topological polar surface area (TPSA) is 68.2 Å². The zero-order valence-electron chi connectivity index (χ0n) is 16.3. The molecule has 6 nitrogen and oxygen atoms in total. The molecule has 0 saturated heterocycles. The Balaban J connectivity index is 1.78. The van der Waals surface area contributed by atoms with Crippen molar-refractivity contribution in [3.8, 4) is 11.5 Å². The maximum atomic E-state index is 13.0. The van der Waals surface area contributed by atoms with Crippen LogP contribution in [-0.4, -0.2) is 54.7 Å². The molecule has 0 amide bonds. The quantitative estimate of drug-likeness (QED) is 0.790. The number of fused-ring (bicyclic) bond motifs is 1. The number of nitrogens with zero attached hydrogens (tertiary/aromatic N) is 1. The van der Waals surface area contributed by atoms with Crippen LogP contribution in [0.1, 0.15) is 26.7 Å². The van der Waals surface area contributed by atoms with Gasteiger partial charge in [-0.2, -0.15) is 0 Å². The molecule has 1 saturated carbocycles. The number of benzene rings is 1. The van der Waals surface area contributed by atoms with Crippen molar-refractivity contribution in [2.45, 2.75) is 38.9 Å². The number of carbonyl (C=O) groups excluding carboxylic acids is 1. The minimum Gasteiger partial charge on any atom is -0.493 e. The first kappa shape index (κ1) is 19.7. The van der Waals surface area contributed by atoms with Crippen molar-refractivity contribution < 1.29 is 24.1 Å². The number of ether oxygens (including phenoxy) is 3. The predicted octanol–water partition coefficient (Wildman–Crippen LogP) is 2.61. The highest BCUT2D eigenvalue weighted by atomic mass is 16.5. The highest BCUT2D eigenvalue weighted by Gasteiger charge is 2.47. The lowest BCUT2D eigenvalue weighted by atomic mass is 9.73. The summed E-state index contributed by atoms with van der Waals surface area (Å²) in [5.41, 5.74) is 0. The second-order valence-electron chi connectivity index (χ2n) is 7.10. The Morgan fingerprint density at radius 3 is 2.56 bits per heavy atom. The van der Waals surface area contributed by atoms with Gasteiger partial charge in [0.15, 0.2) is 11.5 Å². The van der Waals surface area contributed by atoms with Crippen LogP contribution in [0, 0.1) is 11.8 Å². The van der Waals surface area contributed by atoms with Crippen molar-refractivity contribution in [2.24, 2.45) is 11.8 Å². The van der Waals surface area contributed by atoms with Crippen LogP contribution in [0.25, 0.3) is 0 Å². The van der Waals surface area contributed by atoms with E-state index in [0.717, 1.165) is 19.6 Å². The summed E-state index contributed by atoms with van der Waals surface area (Å²) in [5.74, 6) is 0.802. The molecular weight excluding hydrogens is 346 g/mol. The van der Waals surface area contributed by atoms with Gasteiger partial charge in [0.05, 0.1) is 19.1 Å². The Bertz CT molecular complexity index is 685. The van der Waals surface area contributed by atoms with E-state index in [4.69, 9.17) is 14.2 Å². The Morgan fingerprint density at radius 1 is 1.19 bits per heavy atom. The Morgan fingerprint density at radius 2 is 1.89 bits per heavy atom. The lowest BCUT2D eigenvalue weighted by molar-refractivity contribution is -0.139. The van der Waals surface area contributed by atoms with Crippen LogP contribution < -0.4 is 9.47 Å². The molecule has 1 aromatic rings. The van der Waals surface area contributed by atoms with Crippen LogP contribution in [0.15, 0.2) is 36.3 Å². The monoisotopic (exact) mass is 375 g/mol. The van der Waals surface area contributed by atoms with Gasteiger partial charge in [-0.15, -0.1) is 0 Å². The summed E-state index contributed by atoms with van der Waals surface area (Å²) >= 11 is 0. The maximum absolute atomic E-state index is 13.0. The molecule has 0 aromatic heterocycles. The van der Waals surface area contributed by atoms with Crippen molar-refractivity contribution >= 4 is 5.78 Å². The Hall–Kier alpha value is -2.05. The van der Waals surface area contributed by atoms with E-state index in [-0.39, 0.29) is 29.5 Å². The lowest BCUT2D eigenvalue weighted by Gasteiger charge is -2.43.